The summed E-state index contributed by atoms with van der Waals surface area (Å²) in [5.74, 6) is -0.0112. The van der Waals surface area contributed by atoms with Crippen LogP contribution >= 0.6 is 0 Å². The molecule has 2 rings (SSSR count). The zero-order chi connectivity index (χ0) is 11.8. The van der Waals surface area contributed by atoms with Crippen molar-refractivity contribution >= 4 is 5.82 Å². The minimum absolute atomic E-state index is 0.0112. The fourth-order valence-electron chi connectivity index (χ4n) is 1.85. The fourth-order valence-corrected chi connectivity index (χ4v) is 1.85. The number of nitrogens with zero attached hydrogens (tertiary/aromatic N) is 2. The van der Waals surface area contributed by atoms with E-state index in [1.807, 2.05) is 0 Å². The number of hydrogen-bond donors (Lipinski definition) is 1. The molecule has 1 atom stereocenters. The van der Waals surface area contributed by atoms with Crippen LogP contribution in [-0.2, 0) is 6.18 Å². The van der Waals surface area contributed by atoms with E-state index in [9.17, 15) is 13.2 Å². The lowest BCUT2D eigenvalue weighted by molar-refractivity contribution is -0.137. The largest absolute Gasteiger partial charge is 0.419 e. The molecule has 1 aromatic heterocycles. The second-order valence-electron chi connectivity index (χ2n) is 3.87. The van der Waals surface area contributed by atoms with Crippen LogP contribution in [0.15, 0.2) is 18.3 Å². The second-order valence-corrected chi connectivity index (χ2v) is 3.87. The molecule has 0 radical (unpaired) electrons. The third-order valence-electron chi connectivity index (χ3n) is 2.62. The minimum Gasteiger partial charge on any atom is -0.355 e. The van der Waals surface area contributed by atoms with Gasteiger partial charge in [-0.3, -0.25) is 0 Å². The lowest BCUT2D eigenvalue weighted by Gasteiger charge is -2.21. The third kappa shape index (κ3) is 2.11. The fraction of sp³-hybridized carbons (Fsp3) is 0.500. The number of rotatable bonds is 1. The smallest absolute Gasteiger partial charge is 0.355 e. The molecule has 1 fully saturated rings. The molecular formula is C10H12F3N3. The molecule has 1 aliphatic heterocycles. The van der Waals surface area contributed by atoms with Gasteiger partial charge in [0.2, 0.25) is 0 Å². The van der Waals surface area contributed by atoms with E-state index in [1.54, 1.807) is 4.90 Å². The van der Waals surface area contributed by atoms with Crippen molar-refractivity contribution in [1.29, 1.82) is 0 Å². The van der Waals surface area contributed by atoms with Crippen molar-refractivity contribution in [3.63, 3.8) is 0 Å². The SMILES string of the molecule is N[C@@H]1CCN(c2ncccc2C(F)(F)F)C1. The number of aromatic nitrogens is 1. The quantitative estimate of drug-likeness (QED) is 0.798. The molecular weight excluding hydrogens is 219 g/mol. The Morgan fingerprint density at radius 3 is 2.75 bits per heavy atom. The van der Waals surface area contributed by atoms with E-state index >= 15 is 0 Å². The highest BCUT2D eigenvalue weighted by Crippen LogP contribution is 2.35. The number of hydrogen-bond acceptors (Lipinski definition) is 3. The summed E-state index contributed by atoms with van der Waals surface area (Å²) in [4.78, 5) is 5.40. The van der Waals surface area contributed by atoms with E-state index in [-0.39, 0.29) is 11.9 Å². The van der Waals surface area contributed by atoms with E-state index in [4.69, 9.17) is 5.73 Å². The highest BCUT2D eigenvalue weighted by molar-refractivity contribution is 5.49. The zero-order valence-corrected chi connectivity index (χ0v) is 8.54. The van der Waals surface area contributed by atoms with Gasteiger partial charge >= 0.3 is 6.18 Å². The third-order valence-corrected chi connectivity index (χ3v) is 2.62. The van der Waals surface area contributed by atoms with Crippen LogP contribution in [0.5, 0.6) is 0 Å². The Morgan fingerprint density at radius 2 is 2.19 bits per heavy atom. The maximum absolute atomic E-state index is 12.7. The number of halogens is 3. The highest BCUT2D eigenvalue weighted by Gasteiger charge is 2.36. The molecule has 0 amide bonds. The van der Waals surface area contributed by atoms with Crippen LogP contribution in [0.1, 0.15) is 12.0 Å². The molecule has 2 N–H and O–H groups in total. The topological polar surface area (TPSA) is 42.1 Å². The summed E-state index contributed by atoms with van der Waals surface area (Å²) in [6.45, 7) is 0.960. The molecule has 6 heteroatoms. The summed E-state index contributed by atoms with van der Waals surface area (Å²) in [5.41, 5.74) is 4.98. The van der Waals surface area contributed by atoms with Crippen LogP contribution in [-0.4, -0.2) is 24.1 Å². The maximum Gasteiger partial charge on any atom is 0.419 e. The average Bonchev–Trinajstić information content (AvgIpc) is 2.64. The molecule has 3 nitrogen and oxygen atoms in total. The summed E-state index contributed by atoms with van der Waals surface area (Å²) < 4.78 is 38.1. The first-order chi connectivity index (χ1) is 7.48. The molecule has 0 saturated carbocycles. The normalized spacial score (nSPS) is 21.5. The van der Waals surface area contributed by atoms with Crippen molar-refractivity contribution in [1.82, 2.24) is 4.98 Å². The summed E-state index contributed by atoms with van der Waals surface area (Å²) in [6.07, 6.45) is -2.29. The molecule has 1 saturated heterocycles. The van der Waals surface area contributed by atoms with Crippen LogP contribution in [0.3, 0.4) is 0 Å². The average molecular weight is 231 g/mol. The van der Waals surface area contributed by atoms with E-state index in [0.717, 1.165) is 6.07 Å². The summed E-state index contributed by atoms with van der Waals surface area (Å²) in [7, 11) is 0. The van der Waals surface area contributed by atoms with Gasteiger partial charge in [0.1, 0.15) is 5.82 Å². The van der Waals surface area contributed by atoms with Gasteiger partial charge in [0.25, 0.3) is 0 Å². The molecule has 16 heavy (non-hydrogen) atoms. The van der Waals surface area contributed by atoms with Crippen molar-refractivity contribution in [2.75, 3.05) is 18.0 Å². The predicted molar refractivity (Wildman–Crippen MR) is 54.0 cm³/mol. The molecule has 0 unspecified atom stereocenters. The van der Waals surface area contributed by atoms with Gasteiger partial charge in [-0.05, 0) is 18.6 Å². The van der Waals surface area contributed by atoms with Crippen molar-refractivity contribution < 1.29 is 13.2 Å². The van der Waals surface area contributed by atoms with Crippen molar-refractivity contribution in [2.24, 2.45) is 5.73 Å². The lowest BCUT2D eigenvalue weighted by atomic mass is 10.2. The first-order valence-electron chi connectivity index (χ1n) is 5.01. The molecule has 0 spiro atoms. The van der Waals surface area contributed by atoms with Crippen LogP contribution in [0, 0.1) is 0 Å². The standard InChI is InChI=1S/C10H12F3N3/c11-10(12,13)8-2-1-4-15-9(8)16-5-3-7(14)6-16/h1-2,4,7H,3,5-6,14H2/t7-/m1/s1. The monoisotopic (exact) mass is 231 g/mol. The van der Waals surface area contributed by atoms with Gasteiger partial charge < -0.3 is 10.6 Å². The minimum atomic E-state index is -4.36. The van der Waals surface area contributed by atoms with Crippen LogP contribution in [0.25, 0.3) is 0 Å². The first kappa shape index (κ1) is 11.2. The molecule has 0 aromatic carbocycles. The van der Waals surface area contributed by atoms with E-state index < -0.39 is 11.7 Å². The van der Waals surface area contributed by atoms with E-state index in [2.05, 4.69) is 4.98 Å². The molecule has 2 heterocycles. The molecule has 1 aromatic rings. The van der Waals surface area contributed by atoms with Crippen LogP contribution in [0.4, 0.5) is 19.0 Å². The lowest BCUT2D eigenvalue weighted by Crippen LogP contribution is -2.28. The van der Waals surface area contributed by atoms with Crippen molar-refractivity contribution in [3.05, 3.63) is 23.9 Å². The Labute approximate surface area is 91.1 Å². The van der Waals surface area contributed by atoms with Gasteiger partial charge in [-0.15, -0.1) is 0 Å². The van der Waals surface area contributed by atoms with E-state index in [1.165, 1.54) is 12.3 Å². The van der Waals surface area contributed by atoms with Crippen LogP contribution < -0.4 is 10.6 Å². The van der Waals surface area contributed by atoms with Gasteiger partial charge in [-0.2, -0.15) is 13.2 Å². The van der Waals surface area contributed by atoms with Gasteiger partial charge in [0.15, 0.2) is 0 Å². The summed E-state index contributed by atoms with van der Waals surface area (Å²) in [5, 5.41) is 0. The number of alkyl halides is 3. The van der Waals surface area contributed by atoms with E-state index in [0.29, 0.717) is 19.5 Å². The number of anilines is 1. The second kappa shape index (κ2) is 3.93. The van der Waals surface area contributed by atoms with Gasteiger partial charge in [-0.25, -0.2) is 4.98 Å². The molecule has 0 bridgehead atoms. The highest BCUT2D eigenvalue weighted by atomic mass is 19.4. The van der Waals surface area contributed by atoms with Gasteiger partial charge in [0, 0.05) is 25.3 Å². The Kier molecular flexibility index (Phi) is 2.75. The van der Waals surface area contributed by atoms with Gasteiger partial charge in [0.05, 0.1) is 5.56 Å². The van der Waals surface area contributed by atoms with Crippen molar-refractivity contribution in [3.8, 4) is 0 Å². The molecule has 88 valence electrons. The Bertz CT molecular complexity index is 378. The Morgan fingerprint density at radius 1 is 1.44 bits per heavy atom. The maximum atomic E-state index is 12.7. The van der Waals surface area contributed by atoms with Gasteiger partial charge in [-0.1, -0.05) is 0 Å². The predicted octanol–water partition coefficient (Wildman–Crippen LogP) is 1.64. The first-order valence-corrected chi connectivity index (χ1v) is 5.01. The summed E-state index contributed by atoms with van der Waals surface area (Å²) >= 11 is 0. The van der Waals surface area contributed by atoms with Crippen LogP contribution in [0.2, 0.25) is 0 Å². The summed E-state index contributed by atoms with van der Waals surface area (Å²) in [6, 6.07) is 2.28. The molecule has 0 aliphatic carbocycles. The number of pyridine rings is 1. The zero-order valence-electron chi connectivity index (χ0n) is 8.54. The van der Waals surface area contributed by atoms with Crippen molar-refractivity contribution in [2.45, 2.75) is 18.6 Å². The number of nitrogens with two attached hydrogens (primary N) is 1. The Hall–Kier alpha value is -1.30. The Balaban J connectivity index is 2.34. The molecule has 1 aliphatic rings.